The van der Waals surface area contributed by atoms with Gasteiger partial charge in [-0.15, -0.1) is 0 Å². The van der Waals surface area contributed by atoms with Crippen molar-refractivity contribution in [3.05, 3.63) is 47.8 Å². The van der Waals surface area contributed by atoms with E-state index in [4.69, 9.17) is 0 Å². The molecule has 5 heteroatoms. The molecule has 1 fully saturated rings. The van der Waals surface area contributed by atoms with E-state index in [2.05, 4.69) is 79.1 Å². The predicted molar refractivity (Wildman–Crippen MR) is 97.1 cm³/mol. The van der Waals surface area contributed by atoms with Gasteiger partial charge in [0.25, 0.3) is 0 Å². The maximum absolute atomic E-state index is 4.59. The van der Waals surface area contributed by atoms with Crippen molar-refractivity contribution in [3.63, 3.8) is 0 Å². The fraction of sp³-hybridized carbons (Fsp3) is 0.444. The van der Waals surface area contributed by atoms with Crippen LogP contribution < -0.4 is 9.62 Å². The van der Waals surface area contributed by atoms with E-state index in [1.54, 1.807) is 0 Å². The third-order valence-corrected chi connectivity index (χ3v) is 4.32. The van der Waals surface area contributed by atoms with Gasteiger partial charge < -0.3 is 9.62 Å². The van der Waals surface area contributed by atoms with E-state index in [-0.39, 0.29) is 0 Å². The van der Waals surface area contributed by atoms with E-state index >= 15 is 0 Å². The Kier molecular flexibility index (Phi) is 4.55. The molecule has 0 bridgehead atoms. The van der Waals surface area contributed by atoms with Crippen LogP contribution in [0.3, 0.4) is 0 Å². The van der Waals surface area contributed by atoms with Crippen LogP contribution in [-0.2, 0) is 0 Å². The second-order valence-corrected chi connectivity index (χ2v) is 6.71. The molecule has 0 aromatic carbocycles. The summed E-state index contributed by atoms with van der Waals surface area (Å²) in [6.07, 6.45) is 3.96. The first kappa shape index (κ1) is 15.8. The van der Waals surface area contributed by atoms with Crippen molar-refractivity contribution in [1.29, 1.82) is 0 Å². The molecule has 0 amide bonds. The molecule has 3 heterocycles. The lowest BCUT2D eigenvalue weighted by molar-refractivity contribution is 0.855. The summed E-state index contributed by atoms with van der Waals surface area (Å²) in [6, 6.07) is 8.54. The molecule has 3 rings (SSSR count). The van der Waals surface area contributed by atoms with Gasteiger partial charge in [-0.3, -0.25) is 0 Å². The smallest absolute Gasteiger partial charge is 0.382 e. The Morgan fingerprint density at radius 2 is 1.22 bits per heavy atom. The third kappa shape index (κ3) is 3.49. The predicted octanol–water partition coefficient (Wildman–Crippen LogP) is 3.58. The fourth-order valence-corrected chi connectivity index (χ4v) is 2.66. The van der Waals surface area contributed by atoms with Gasteiger partial charge in [0.05, 0.1) is 0 Å². The van der Waals surface area contributed by atoms with Crippen LogP contribution in [0.5, 0.6) is 0 Å². The Morgan fingerprint density at radius 3 is 1.52 bits per heavy atom. The Balaban J connectivity index is 1.68. The highest BCUT2D eigenvalue weighted by Gasteiger charge is 2.25. The summed E-state index contributed by atoms with van der Waals surface area (Å²) in [5.41, 5.74) is 2.55. The van der Waals surface area contributed by atoms with Crippen molar-refractivity contribution in [2.75, 3.05) is 22.7 Å². The number of pyridine rings is 2. The zero-order valence-corrected chi connectivity index (χ0v) is 14.4. The molecular formula is C18H24BN4. The molecule has 1 radical (unpaired) electrons. The van der Waals surface area contributed by atoms with Gasteiger partial charge in [-0.25, -0.2) is 9.97 Å². The second kappa shape index (κ2) is 6.61. The summed E-state index contributed by atoms with van der Waals surface area (Å²) in [6.45, 7) is 10.6. The van der Waals surface area contributed by atoms with Crippen LogP contribution in [0.1, 0.15) is 50.7 Å². The highest BCUT2D eigenvalue weighted by atomic mass is 15.3. The molecule has 2 aromatic rings. The van der Waals surface area contributed by atoms with E-state index in [0.717, 1.165) is 24.7 Å². The van der Waals surface area contributed by atoms with Gasteiger partial charge in [0.15, 0.2) is 0 Å². The summed E-state index contributed by atoms with van der Waals surface area (Å²) in [5, 5.41) is 0. The van der Waals surface area contributed by atoms with Gasteiger partial charge in [0.1, 0.15) is 11.6 Å². The molecule has 2 aromatic heterocycles. The lowest BCUT2D eigenvalue weighted by Gasteiger charge is -2.18. The standard InChI is InChI=1S/C18H24BN4/c1-13(2)15-5-7-17(20-11-15)22-9-10-23(19-22)18-8-6-16(12-21-18)14(3)4/h5-8,11-14H,9-10H2,1-4H3. The van der Waals surface area contributed by atoms with Crippen molar-refractivity contribution >= 4 is 19.2 Å². The largest absolute Gasteiger partial charge is 0.394 e. The van der Waals surface area contributed by atoms with Gasteiger partial charge in [-0.05, 0) is 35.1 Å². The van der Waals surface area contributed by atoms with E-state index in [1.165, 1.54) is 11.1 Å². The molecule has 0 aliphatic carbocycles. The molecule has 0 spiro atoms. The van der Waals surface area contributed by atoms with E-state index < -0.39 is 0 Å². The SMILES string of the molecule is CC(C)c1ccc(N2[B]N(c3ccc(C(C)C)cn3)CC2)nc1. The molecule has 1 saturated heterocycles. The van der Waals surface area contributed by atoms with Crippen molar-refractivity contribution in [3.8, 4) is 0 Å². The lowest BCUT2D eigenvalue weighted by atomic mass is 10.0. The van der Waals surface area contributed by atoms with E-state index in [9.17, 15) is 0 Å². The Hall–Kier alpha value is -2.04. The normalized spacial score (nSPS) is 14.7. The van der Waals surface area contributed by atoms with Crippen molar-refractivity contribution in [2.45, 2.75) is 39.5 Å². The number of aromatic nitrogens is 2. The van der Waals surface area contributed by atoms with E-state index in [0.29, 0.717) is 11.8 Å². The number of nitrogens with zero attached hydrogens (tertiary/aromatic N) is 4. The number of rotatable bonds is 4. The first-order chi connectivity index (χ1) is 11.0. The molecule has 0 saturated carbocycles. The van der Waals surface area contributed by atoms with Gasteiger partial charge in [-0.2, -0.15) is 0 Å². The van der Waals surface area contributed by atoms with Gasteiger partial charge in [-0.1, -0.05) is 39.8 Å². The van der Waals surface area contributed by atoms with Crippen LogP contribution in [0.2, 0.25) is 0 Å². The summed E-state index contributed by atoms with van der Waals surface area (Å²) in [4.78, 5) is 13.6. The van der Waals surface area contributed by atoms with Gasteiger partial charge in [0.2, 0.25) is 0 Å². The maximum atomic E-state index is 4.59. The van der Waals surface area contributed by atoms with Crippen LogP contribution in [0.25, 0.3) is 0 Å². The molecule has 4 nitrogen and oxygen atoms in total. The first-order valence-corrected chi connectivity index (χ1v) is 8.35. The first-order valence-electron chi connectivity index (χ1n) is 8.35. The molecule has 119 valence electrons. The van der Waals surface area contributed by atoms with Crippen molar-refractivity contribution in [1.82, 2.24) is 9.97 Å². The topological polar surface area (TPSA) is 32.3 Å². The quantitative estimate of drug-likeness (QED) is 0.808. The summed E-state index contributed by atoms with van der Waals surface area (Å²) < 4.78 is 0. The van der Waals surface area contributed by atoms with Crippen LogP contribution in [0.4, 0.5) is 11.6 Å². The minimum Gasteiger partial charge on any atom is -0.382 e. The lowest BCUT2D eigenvalue weighted by Crippen LogP contribution is -2.30. The Labute approximate surface area is 139 Å². The van der Waals surface area contributed by atoms with Crippen LogP contribution in [0.15, 0.2) is 36.7 Å². The molecular weight excluding hydrogens is 283 g/mol. The monoisotopic (exact) mass is 307 g/mol. The second-order valence-electron chi connectivity index (χ2n) is 6.71. The fourth-order valence-electron chi connectivity index (χ4n) is 2.66. The molecule has 0 atom stereocenters. The highest BCUT2D eigenvalue weighted by Crippen LogP contribution is 2.22. The number of hydrogen-bond donors (Lipinski definition) is 0. The molecule has 0 unspecified atom stereocenters. The van der Waals surface area contributed by atoms with Gasteiger partial charge in [0, 0.05) is 25.5 Å². The minimum absolute atomic E-state index is 0.513. The van der Waals surface area contributed by atoms with Crippen molar-refractivity contribution < 1.29 is 0 Å². The zero-order chi connectivity index (χ0) is 16.4. The molecule has 23 heavy (non-hydrogen) atoms. The van der Waals surface area contributed by atoms with E-state index in [1.807, 2.05) is 12.4 Å². The third-order valence-electron chi connectivity index (χ3n) is 4.32. The molecule has 0 N–H and O–H groups in total. The summed E-state index contributed by atoms with van der Waals surface area (Å²) in [7, 11) is 2.11. The zero-order valence-electron chi connectivity index (χ0n) is 14.4. The average molecular weight is 307 g/mol. The Bertz CT molecular complexity index is 580. The highest BCUT2D eigenvalue weighted by molar-refractivity contribution is 6.47. The summed E-state index contributed by atoms with van der Waals surface area (Å²) >= 11 is 0. The van der Waals surface area contributed by atoms with Gasteiger partial charge >= 0.3 is 7.55 Å². The number of anilines is 2. The number of hydrogen-bond acceptors (Lipinski definition) is 4. The Morgan fingerprint density at radius 1 is 0.783 bits per heavy atom. The maximum Gasteiger partial charge on any atom is 0.394 e. The van der Waals surface area contributed by atoms with Crippen LogP contribution >= 0.6 is 0 Å². The average Bonchev–Trinajstić information content (AvgIpc) is 3.05. The molecule has 1 aliphatic heterocycles. The van der Waals surface area contributed by atoms with Crippen LogP contribution in [0, 0.1) is 0 Å². The summed E-state index contributed by atoms with van der Waals surface area (Å²) in [5.74, 6) is 3.02. The van der Waals surface area contributed by atoms with Crippen LogP contribution in [-0.4, -0.2) is 30.6 Å². The molecule has 1 aliphatic rings. The van der Waals surface area contributed by atoms with Crippen molar-refractivity contribution in [2.24, 2.45) is 0 Å². The minimum atomic E-state index is 0.513.